The summed E-state index contributed by atoms with van der Waals surface area (Å²) in [7, 11) is 0. The third kappa shape index (κ3) is 1.40. The fourth-order valence-corrected chi connectivity index (χ4v) is 4.19. The Morgan fingerprint density at radius 3 is 2.59 bits per heavy atom. The van der Waals surface area contributed by atoms with Gasteiger partial charge in [-0.2, -0.15) is 4.98 Å². The van der Waals surface area contributed by atoms with E-state index in [-0.39, 0.29) is 6.42 Å². The van der Waals surface area contributed by atoms with Gasteiger partial charge in [0.25, 0.3) is 5.92 Å². The quantitative estimate of drug-likeness (QED) is 0.862. The summed E-state index contributed by atoms with van der Waals surface area (Å²) in [4.78, 5) is 4.38. The van der Waals surface area contributed by atoms with E-state index >= 15 is 0 Å². The Bertz CT molecular complexity index is 783. The lowest BCUT2D eigenvalue weighted by Gasteiger charge is -2.31. The molecular weight excluding hydrogens is 288 g/mol. The van der Waals surface area contributed by atoms with Gasteiger partial charge in [-0.25, -0.2) is 8.78 Å². The maximum atomic E-state index is 13.7. The molecule has 2 aliphatic rings. The van der Waals surface area contributed by atoms with Gasteiger partial charge in [-0.1, -0.05) is 31.1 Å². The first-order valence-corrected chi connectivity index (χ1v) is 7.29. The van der Waals surface area contributed by atoms with Crippen LogP contribution in [-0.4, -0.2) is 16.1 Å². The van der Waals surface area contributed by atoms with Gasteiger partial charge in [0.2, 0.25) is 11.7 Å². The third-order valence-corrected chi connectivity index (χ3v) is 5.56. The first-order chi connectivity index (χ1) is 10.2. The van der Waals surface area contributed by atoms with Gasteiger partial charge in [0.05, 0.1) is 5.41 Å². The Labute approximate surface area is 126 Å². The van der Waals surface area contributed by atoms with Crippen molar-refractivity contribution in [2.24, 2.45) is 11.3 Å². The number of alkyl halides is 2. The number of benzene rings is 1. The van der Waals surface area contributed by atoms with Crippen LogP contribution < -0.4 is 5.73 Å². The second kappa shape index (κ2) is 3.67. The minimum atomic E-state index is -2.63. The average molecular weight is 305 g/mol. The van der Waals surface area contributed by atoms with Gasteiger partial charge in [0.1, 0.15) is 0 Å². The van der Waals surface area contributed by atoms with Crippen molar-refractivity contribution in [1.82, 2.24) is 10.1 Å². The highest BCUT2D eigenvalue weighted by atomic mass is 19.3. The highest BCUT2D eigenvalue weighted by molar-refractivity contribution is 5.63. The number of nitrogens with two attached hydrogens (primary N) is 1. The number of nitrogen functional groups attached to an aromatic ring is 1. The Morgan fingerprint density at radius 1 is 1.32 bits per heavy atom. The predicted octanol–water partition coefficient (Wildman–Crippen LogP) is 3.56. The smallest absolute Gasteiger partial charge is 0.253 e. The van der Waals surface area contributed by atoms with E-state index in [9.17, 15) is 8.78 Å². The number of hydrogen-bond donors (Lipinski definition) is 1. The highest BCUT2D eigenvalue weighted by Gasteiger charge is 2.91. The van der Waals surface area contributed by atoms with Crippen LogP contribution in [0.25, 0.3) is 11.4 Å². The van der Waals surface area contributed by atoms with Crippen molar-refractivity contribution >= 4 is 5.69 Å². The normalized spacial score (nSPS) is 30.5. The van der Waals surface area contributed by atoms with Crippen LogP contribution in [0, 0.1) is 18.3 Å². The molecule has 0 radical (unpaired) electrons. The van der Waals surface area contributed by atoms with Crippen molar-refractivity contribution in [3.05, 3.63) is 29.7 Å². The van der Waals surface area contributed by atoms with Crippen LogP contribution in [0.15, 0.2) is 22.7 Å². The summed E-state index contributed by atoms with van der Waals surface area (Å²) in [5, 5.41) is 3.96. The van der Waals surface area contributed by atoms with Crippen molar-refractivity contribution in [3.8, 4) is 11.4 Å². The van der Waals surface area contributed by atoms with E-state index in [1.807, 2.05) is 32.9 Å². The molecule has 2 aliphatic carbocycles. The summed E-state index contributed by atoms with van der Waals surface area (Å²) < 4.78 is 32.8. The first-order valence-electron chi connectivity index (χ1n) is 7.29. The summed E-state index contributed by atoms with van der Waals surface area (Å²) in [5.41, 5.74) is 7.05. The zero-order chi connectivity index (χ0) is 15.9. The predicted molar refractivity (Wildman–Crippen MR) is 77.4 cm³/mol. The van der Waals surface area contributed by atoms with Gasteiger partial charge in [0.15, 0.2) is 0 Å². The molecule has 6 heteroatoms. The van der Waals surface area contributed by atoms with E-state index in [0.29, 0.717) is 17.4 Å². The summed E-state index contributed by atoms with van der Waals surface area (Å²) in [6, 6.07) is 5.50. The minimum Gasteiger partial charge on any atom is -0.398 e. The monoisotopic (exact) mass is 305 g/mol. The molecule has 0 bridgehead atoms. The van der Waals surface area contributed by atoms with Crippen LogP contribution in [0.5, 0.6) is 0 Å². The number of aromatic nitrogens is 2. The number of hydrogen-bond acceptors (Lipinski definition) is 4. The molecule has 116 valence electrons. The maximum Gasteiger partial charge on any atom is 0.253 e. The second-order valence-corrected chi connectivity index (χ2v) is 7.06. The molecule has 0 amide bonds. The van der Waals surface area contributed by atoms with Gasteiger partial charge in [0, 0.05) is 23.6 Å². The van der Waals surface area contributed by atoms with E-state index < -0.39 is 22.7 Å². The fraction of sp³-hybridized carbons (Fsp3) is 0.500. The Hall–Kier alpha value is -1.98. The Morgan fingerprint density at radius 2 is 2.05 bits per heavy atom. The number of fused-ring (bicyclic) bond motifs is 1. The van der Waals surface area contributed by atoms with Crippen LogP contribution >= 0.6 is 0 Å². The standard InChI is InChI=1S/C16H17F2N3O/c1-8-4-5-9(6-10(8)19)11-20-13(22-21-11)15-7-16(17,18)12(15)14(15,2)3/h4-6,12H,7,19H2,1-3H3. The number of rotatable bonds is 2. The average Bonchev–Trinajstić information content (AvgIpc) is 2.76. The van der Waals surface area contributed by atoms with Crippen LogP contribution in [0.4, 0.5) is 14.5 Å². The molecule has 0 saturated heterocycles. The molecule has 2 saturated carbocycles. The van der Waals surface area contributed by atoms with Gasteiger partial charge < -0.3 is 10.3 Å². The van der Waals surface area contributed by atoms with E-state index in [1.165, 1.54) is 0 Å². The van der Waals surface area contributed by atoms with Crippen molar-refractivity contribution in [2.45, 2.75) is 38.5 Å². The van der Waals surface area contributed by atoms with Crippen LogP contribution in [0.3, 0.4) is 0 Å². The van der Waals surface area contributed by atoms with Crippen molar-refractivity contribution in [2.75, 3.05) is 5.73 Å². The SMILES string of the molecule is Cc1ccc(-c2noc(C34CC(F)(F)C3C4(C)C)n2)cc1N. The third-order valence-electron chi connectivity index (χ3n) is 5.56. The highest BCUT2D eigenvalue weighted by Crippen LogP contribution is 2.84. The summed E-state index contributed by atoms with van der Waals surface area (Å²) >= 11 is 0. The van der Waals surface area contributed by atoms with E-state index in [1.54, 1.807) is 6.07 Å². The van der Waals surface area contributed by atoms with Gasteiger partial charge in [-0.05, 0) is 24.0 Å². The molecule has 2 aromatic rings. The largest absolute Gasteiger partial charge is 0.398 e. The van der Waals surface area contributed by atoms with Crippen LogP contribution in [-0.2, 0) is 5.41 Å². The topological polar surface area (TPSA) is 64.9 Å². The van der Waals surface area contributed by atoms with Gasteiger partial charge >= 0.3 is 0 Å². The lowest BCUT2D eigenvalue weighted by atomic mass is 9.80. The molecule has 2 N–H and O–H groups in total. The van der Waals surface area contributed by atoms with Gasteiger partial charge in [-0.3, -0.25) is 0 Å². The lowest BCUT2D eigenvalue weighted by molar-refractivity contribution is -0.102. The molecular formula is C16H17F2N3O. The molecule has 4 nitrogen and oxygen atoms in total. The van der Waals surface area contributed by atoms with Gasteiger partial charge in [-0.15, -0.1) is 0 Å². The van der Waals surface area contributed by atoms with Crippen LogP contribution in [0.1, 0.15) is 31.7 Å². The molecule has 1 aromatic carbocycles. The fourth-order valence-electron chi connectivity index (χ4n) is 4.19. The lowest BCUT2D eigenvalue weighted by Crippen LogP contribution is -2.40. The van der Waals surface area contributed by atoms with Crippen molar-refractivity contribution in [1.29, 1.82) is 0 Å². The van der Waals surface area contributed by atoms with Crippen LogP contribution in [0.2, 0.25) is 0 Å². The summed E-state index contributed by atoms with van der Waals surface area (Å²) in [6.45, 7) is 5.59. The summed E-state index contributed by atoms with van der Waals surface area (Å²) in [6.07, 6.45) is -0.213. The molecule has 1 heterocycles. The molecule has 2 atom stereocenters. The second-order valence-electron chi connectivity index (χ2n) is 7.06. The minimum absolute atomic E-state index is 0.213. The molecule has 0 aliphatic heterocycles. The van der Waals surface area contributed by atoms with E-state index in [4.69, 9.17) is 10.3 Å². The molecule has 4 rings (SSSR count). The number of halogens is 2. The van der Waals surface area contributed by atoms with Crippen molar-refractivity contribution < 1.29 is 13.3 Å². The Balaban J connectivity index is 1.70. The van der Waals surface area contributed by atoms with E-state index in [2.05, 4.69) is 10.1 Å². The first kappa shape index (κ1) is 13.7. The molecule has 2 unspecified atom stereocenters. The summed E-state index contributed by atoms with van der Waals surface area (Å²) in [5.74, 6) is -2.62. The number of anilines is 1. The zero-order valence-corrected chi connectivity index (χ0v) is 12.7. The molecule has 0 spiro atoms. The zero-order valence-electron chi connectivity index (χ0n) is 12.7. The molecule has 1 aromatic heterocycles. The van der Waals surface area contributed by atoms with E-state index in [0.717, 1.165) is 11.1 Å². The van der Waals surface area contributed by atoms with Crippen molar-refractivity contribution in [3.63, 3.8) is 0 Å². The number of nitrogens with zero attached hydrogens (tertiary/aromatic N) is 2. The maximum absolute atomic E-state index is 13.7. The Kier molecular flexibility index (Phi) is 2.28. The molecule has 2 fully saturated rings. The molecule has 22 heavy (non-hydrogen) atoms. The number of aryl methyl sites for hydroxylation is 1.